The van der Waals surface area contributed by atoms with Crippen LogP contribution in [0.4, 0.5) is 0 Å². The monoisotopic (exact) mass is 425 g/mol. The van der Waals surface area contributed by atoms with Gasteiger partial charge in [0.15, 0.2) is 0 Å². The predicted molar refractivity (Wildman–Crippen MR) is 121 cm³/mol. The van der Waals surface area contributed by atoms with E-state index in [9.17, 15) is 9.59 Å². The van der Waals surface area contributed by atoms with Gasteiger partial charge in [0.1, 0.15) is 0 Å². The van der Waals surface area contributed by atoms with Gasteiger partial charge in [-0.25, -0.2) is 0 Å². The summed E-state index contributed by atoms with van der Waals surface area (Å²) in [5.41, 5.74) is 1.46. The maximum atomic E-state index is 13.2. The third kappa shape index (κ3) is 5.22. The lowest BCUT2D eigenvalue weighted by molar-refractivity contribution is -0.143. The molecule has 2 aromatic rings. The van der Waals surface area contributed by atoms with Crippen LogP contribution in [0.5, 0.6) is 0 Å². The molecular formula is C24H31N3O2S. The van der Waals surface area contributed by atoms with Crippen LogP contribution in [-0.4, -0.2) is 51.8 Å². The first kappa shape index (κ1) is 22.3. The number of thioether (sulfide) groups is 1. The number of nitrogens with zero attached hydrogens (tertiary/aromatic N) is 3. The van der Waals surface area contributed by atoms with Gasteiger partial charge in [-0.2, -0.15) is 0 Å². The van der Waals surface area contributed by atoms with Crippen LogP contribution in [0.15, 0.2) is 53.7 Å². The highest BCUT2D eigenvalue weighted by Gasteiger charge is 2.38. The van der Waals surface area contributed by atoms with Gasteiger partial charge in [-0.05, 0) is 49.7 Å². The molecule has 30 heavy (non-hydrogen) atoms. The molecule has 0 saturated carbocycles. The van der Waals surface area contributed by atoms with E-state index in [-0.39, 0.29) is 23.9 Å². The molecule has 2 atom stereocenters. The Labute approximate surface area is 183 Å². The molecule has 2 unspecified atom stereocenters. The van der Waals surface area contributed by atoms with Crippen LogP contribution in [0.2, 0.25) is 0 Å². The van der Waals surface area contributed by atoms with Gasteiger partial charge in [0.2, 0.25) is 5.91 Å². The molecule has 3 rings (SSSR count). The molecule has 0 spiro atoms. The molecule has 2 amide bonds. The van der Waals surface area contributed by atoms with E-state index in [1.54, 1.807) is 18.0 Å². The van der Waals surface area contributed by atoms with E-state index in [1.165, 1.54) is 5.56 Å². The number of amides is 2. The third-order valence-electron chi connectivity index (χ3n) is 5.31. The second-order valence-electron chi connectivity index (χ2n) is 9.04. The number of hydrogen-bond donors (Lipinski definition) is 0. The van der Waals surface area contributed by atoms with Crippen molar-refractivity contribution in [1.82, 2.24) is 14.8 Å². The fraction of sp³-hybridized carbons (Fsp3) is 0.458. The Kier molecular flexibility index (Phi) is 6.86. The molecular weight excluding hydrogens is 394 g/mol. The zero-order valence-corrected chi connectivity index (χ0v) is 19.3. The highest BCUT2D eigenvalue weighted by Crippen LogP contribution is 2.26. The van der Waals surface area contributed by atoms with Gasteiger partial charge in [0.25, 0.3) is 5.91 Å². The Morgan fingerprint density at radius 3 is 2.23 bits per heavy atom. The van der Waals surface area contributed by atoms with Crippen molar-refractivity contribution in [2.75, 3.05) is 13.1 Å². The van der Waals surface area contributed by atoms with E-state index in [0.29, 0.717) is 18.7 Å². The minimum absolute atomic E-state index is 0.0211. The maximum absolute atomic E-state index is 13.2. The van der Waals surface area contributed by atoms with Crippen molar-refractivity contribution in [2.45, 2.75) is 57.4 Å². The Hall–Kier alpha value is -2.34. The molecule has 1 fully saturated rings. The van der Waals surface area contributed by atoms with Crippen molar-refractivity contribution in [3.05, 3.63) is 59.9 Å². The van der Waals surface area contributed by atoms with Crippen molar-refractivity contribution in [1.29, 1.82) is 0 Å². The molecule has 0 aliphatic carbocycles. The van der Waals surface area contributed by atoms with E-state index in [1.807, 2.05) is 80.9 Å². The number of aromatic nitrogens is 1. The first-order valence-electron chi connectivity index (χ1n) is 10.4. The minimum atomic E-state index is -0.408. The smallest absolute Gasteiger partial charge is 0.254 e. The van der Waals surface area contributed by atoms with Gasteiger partial charge >= 0.3 is 0 Å². The summed E-state index contributed by atoms with van der Waals surface area (Å²) in [7, 11) is 0. The highest BCUT2D eigenvalue weighted by atomic mass is 32.2. The lowest BCUT2D eigenvalue weighted by atomic mass is 9.93. The highest BCUT2D eigenvalue weighted by molar-refractivity contribution is 7.98. The molecule has 6 heteroatoms. The number of hydrogen-bond acceptors (Lipinski definition) is 4. The third-order valence-corrected chi connectivity index (χ3v) is 6.40. The summed E-state index contributed by atoms with van der Waals surface area (Å²) >= 11 is 1.73. The van der Waals surface area contributed by atoms with E-state index < -0.39 is 5.41 Å². The zero-order chi connectivity index (χ0) is 21.9. The van der Waals surface area contributed by atoms with Gasteiger partial charge in [-0.15, -0.1) is 11.8 Å². The number of carbonyl (C=O) groups excluding carboxylic acids is 2. The van der Waals surface area contributed by atoms with Crippen molar-refractivity contribution in [2.24, 2.45) is 5.41 Å². The van der Waals surface area contributed by atoms with E-state index in [2.05, 4.69) is 11.1 Å². The Morgan fingerprint density at radius 2 is 1.70 bits per heavy atom. The fourth-order valence-corrected chi connectivity index (χ4v) is 4.69. The van der Waals surface area contributed by atoms with Crippen LogP contribution in [0.25, 0.3) is 0 Å². The molecule has 1 saturated heterocycles. The lowest BCUT2D eigenvalue weighted by Crippen LogP contribution is -2.61. The number of rotatable bonds is 4. The molecule has 1 aliphatic heterocycles. The largest absolute Gasteiger partial charge is 0.338 e. The molecule has 2 heterocycles. The zero-order valence-electron chi connectivity index (χ0n) is 18.5. The van der Waals surface area contributed by atoms with E-state index in [4.69, 9.17) is 0 Å². The fourth-order valence-electron chi connectivity index (χ4n) is 3.86. The average Bonchev–Trinajstić information content (AvgIpc) is 2.71. The first-order chi connectivity index (χ1) is 14.2. The van der Waals surface area contributed by atoms with E-state index in [0.717, 1.165) is 10.6 Å². The van der Waals surface area contributed by atoms with E-state index >= 15 is 0 Å². The van der Waals surface area contributed by atoms with Crippen LogP contribution < -0.4 is 0 Å². The minimum Gasteiger partial charge on any atom is -0.338 e. The second kappa shape index (κ2) is 9.21. The summed E-state index contributed by atoms with van der Waals surface area (Å²) < 4.78 is 0. The lowest BCUT2D eigenvalue weighted by Gasteiger charge is -2.46. The van der Waals surface area contributed by atoms with Gasteiger partial charge < -0.3 is 9.80 Å². The summed E-state index contributed by atoms with van der Waals surface area (Å²) in [4.78, 5) is 35.0. The van der Waals surface area contributed by atoms with Crippen LogP contribution in [0.3, 0.4) is 0 Å². The molecule has 1 aromatic carbocycles. The summed E-state index contributed by atoms with van der Waals surface area (Å²) in [6.07, 6.45) is 3.65. The average molecular weight is 426 g/mol. The topological polar surface area (TPSA) is 53.5 Å². The normalized spacial score (nSPS) is 19.6. The molecule has 0 N–H and O–H groups in total. The molecule has 0 bridgehead atoms. The molecule has 5 nitrogen and oxygen atoms in total. The van der Waals surface area contributed by atoms with Crippen LogP contribution in [0.1, 0.15) is 50.5 Å². The van der Waals surface area contributed by atoms with Gasteiger partial charge in [0, 0.05) is 59.2 Å². The summed E-state index contributed by atoms with van der Waals surface area (Å²) in [6, 6.07) is 11.8. The van der Waals surface area contributed by atoms with Gasteiger partial charge in [-0.1, -0.05) is 26.8 Å². The van der Waals surface area contributed by atoms with Gasteiger partial charge in [-0.3, -0.25) is 14.6 Å². The molecule has 160 valence electrons. The molecule has 1 aromatic heterocycles. The quantitative estimate of drug-likeness (QED) is 0.678. The second-order valence-corrected chi connectivity index (χ2v) is 10.1. The molecule has 0 radical (unpaired) electrons. The Morgan fingerprint density at radius 1 is 1.07 bits per heavy atom. The number of benzene rings is 1. The number of carbonyl (C=O) groups is 2. The summed E-state index contributed by atoms with van der Waals surface area (Å²) in [5, 5.41) is 0. The Balaban J connectivity index is 1.64. The predicted octanol–water partition coefficient (Wildman–Crippen LogP) is 4.48. The van der Waals surface area contributed by atoms with Crippen LogP contribution >= 0.6 is 11.8 Å². The summed E-state index contributed by atoms with van der Waals surface area (Å²) in [6.45, 7) is 11.0. The van der Waals surface area contributed by atoms with Crippen LogP contribution in [0, 0.1) is 5.41 Å². The van der Waals surface area contributed by atoms with Gasteiger partial charge in [0.05, 0.1) is 0 Å². The Bertz CT molecular complexity index is 866. The SMILES string of the molecule is CC1CN(C(=O)C(C)(C)C)CC(C)N1C(=O)c1ccc(SCc2cccnc2)cc1. The van der Waals surface area contributed by atoms with Crippen molar-refractivity contribution in [3.8, 4) is 0 Å². The molecule has 1 aliphatic rings. The van der Waals surface area contributed by atoms with Crippen molar-refractivity contribution < 1.29 is 9.59 Å². The van der Waals surface area contributed by atoms with Crippen molar-refractivity contribution in [3.63, 3.8) is 0 Å². The standard InChI is InChI=1S/C24H31N3O2S/c1-17-14-26(23(29)24(3,4)5)15-18(2)27(17)22(28)20-8-10-21(11-9-20)30-16-19-7-6-12-25-13-19/h6-13,17-18H,14-16H2,1-5H3. The maximum Gasteiger partial charge on any atom is 0.254 e. The summed E-state index contributed by atoms with van der Waals surface area (Å²) in [5.74, 6) is 1.02. The van der Waals surface area contributed by atoms with Crippen LogP contribution in [-0.2, 0) is 10.5 Å². The van der Waals surface area contributed by atoms with Crippen molar-refractivity contribution >= 4 is 23.6 Å². The number of piperazine rings is 1. The number of pyridine rings is 1. The first-order valence-corrected chi connectivity index (χ1v) is 11.4.